The van der Waals surface area contributed by atoms with Crippen LogP contribution in [0.5, 0.6) is 0 Å². The number of carbonyl (C=O) groups excluding carboxylic acids is 2. The highest BCUT2D eigenvalue weighted by molar-refractivity contribution is 7.90. The van der Waals surface area contributed by atoms with Crippen molar-refractivity contribution in [2.24, 2.45) is 0 Å². The molecule has 4 aromatic carbocycles. The second-order valence-electron chi connectivity index (χ2n) is 13.6. The Hall–Kier alpha value is -5.68. The van der Waals surface area contributed by atoms with Crippen LogP contribution >= 0.6 is 0 Å². The average molecular weight is 787 g/mol. The third-order valence-electron chi connectivity index (χ3n) is 9.27. The van der Waals surface area contributed by atoms with E-state index in [4.69, 9.17) is 0 Å². The molecule has 6 rings (SSSR count). The van der Waals surface area contributed by atoms with Crippen molar-refractivity contribution >= 4 is 31.9 Å². The largest absolute Gasteiger partial charge is 0.273 e. The van der Waals surface area contributed by atoms with Gasteiger partial charge in [0, 0.05) is 24.2 Å². The number of nitrogens with zero attached hydrogens (tertiary/aromatic N) is 2. The van der Waals surface area contributed by atoms with Crippen molar-refractivity contribution < 1.29 is 26.4 Å². The standard InChI is InChI=1S/2C23H23NO3S/c2*1-19-13-15-22(16-14-19)28(26,27)24-17-9-5-3-2-4-6-10-20-11-7-8-12-21(20)18-23(24)25/h2*2,4,7-8,11-16H,3,5,9,17-18H2,1H3/b2*4-2-. The highest BCUT2D eigenvalue weighted by atomic mass is 32.2. The number of amides is 2. The number of hydrogen-bond donors (Lipinski definition) is 0. The summed E-state index contributed by atoms with van der Waals surface area (Å²) in [5, 5.41) is 0. The second kappa shape index (κ2) is 19.8. The lowest BCUT2D eigenvalue weighted by molar-refractivity contribution is -0.126. The molecule has 288 valence electrons. The maximum atomic E-state index is 13.2. The molecule has 0 N–H and O–H groups in total. The van der Waals surface area contributed by atoms with Gasteiger partial charge in [0.15, 0.2) is 0 Å². The topological polar surface area (TPSA) is 109 Å². The Morgan fingerprint density at radius 2 is 0.875 bits per heavy atom. The normalized spacial score (nSPS) is 16.6. The van der Waals surface area contributed by atoms with Crippen molar-refractivity contribution in [3.05, 3.63) is 155 Å². The van der Waals surface area contributed by atoms with Crippen LogP contribution in [-0.2, 0) is 42.5 Å². The Balaban J connectivity index is 0.000000214. The van der Waals surface area contributed by atoms with E-state index in [9.17, 15) is 26.4 Å². The summed E-state index contributed by atoms with van der Waals surface area (Å²) in [5.41, 5.74) is 4.89. The van der Waals surface area contributed by atoms with E-state index in [1.54, 1.807) is 48.5 Å². The summed E-state index contributed by atoms with van der Waals surface area (Å²) in [5.74, 6) is 11.2. The predicted octanol–water partition coefficient (Wildman–Crippen LogP) is 7.69. The van der Waals surface area contributed by atoms with Crippen LogP contribution in [-0.4, -0.2) is 50.3 Å². The number of aryl methyl sites for hydroxylation is 2. The van der Waals surface area contributed by atoms with E-state index in [0.717, 1.165) is 67.7 Å². The molecule has 56 heavy (non-hydrogen) atoms. The molecule has 0 radical (unpaired) electrons. The van der Waals surface area contributed by atoms with E-state index >= 15 is 0 Å². The number of sulfonamides is 2. The molecule has 2 heterocycles. The molecular formula is C46H46N2O6S2. The molecule has 0 bridgehead atoms. The monoisotopic (exact) mass is 786 g/mol. The molecule has 0 saturated heterocycles. The van der Waals surface area contributed by atoms with Crippen molar-refractivity contribution in [3.8, 4) is 23.7 Å². The summed E-state index contributed by atoms with van der Waals surface area (Å²) in [4.78, 5) is 26.4. The van der Waals surface area contributed by atoms with Crippen molar-refractivity contribution in [3.63, 3.8) is 0 Å². The van der Waals surface area contributed by atoms with Gasteiger partial charge in [-0.05, 0) is 112 Å². The van der Waals surface area contributed by atoms with E-state index in [1.807, 2.05) is 86.7 Å². The number of hydrogen-bond acceptors (Lipinski definition) is 6. The van der Waals surface area contributed by atoms with Crippen LogP contribution in [0.1, 0.15) is 71.9 Å². The van der Waals surface area contributed by atoms with Crippen LogP contribution in [0.25, 0.3) is 0 Å². The molecule has 0 aliphatic carbocycles. The van der Waals surface area contributed by atoms with E-state index < -0.39 is 31.9 Å². The van der Waals surface area contributed by atoms with Gasteiger partial charge in [0.25, 0.3) is 20.0 Å². The van der Waals surface area contributed by atoms with Crippen molar-refractivity contribution in [1.82, 2.24) is 8.61 Å². The third kappa shape index (κ3) is 11.2. The Kier molecular flexibility index (Phi) is 14.6. The molecular weight excluding hydrogens is 741 g/mol. The Morgan fingerprint density at radius 1 is 0.500 bits per heavy atom. The molecule has 10 heteroatoms. The van der Waals surface area contributed by atoms with Crippen molar-refractivity contribution in [1.29, 1.82) is 0 Å². The number of benzene rings is 4. The van der Waals surface area contributed by atoms with Gasteiger partial charge in [-0.15, -0.1) is 0 Å². The number of allylic oxidation sites excluding steroid dienone is 4. The first kappa shape index (κ1) is 41.5. The van der Waals surface area contributed by atoms with Crippen LogP contribution in [0.15, 0.2) is 131 Å². The smallest absolute Gasteiger partial charge is 0.266 e. The van der Waals surface area contributed by atoms with E-state index in [-0.39, 0.29) is 35.7 Å². The van der Waals surface area contributed by atoms with Crippen LogP contribution < -0.4 is 0 Å². The Morgan fingerprint density at radius 3 is 1.27 bits per heavy atom. The minimum Gasteiger partial charge on any atom is -0.273 e. The zero-order valence-electron chi connectivity index (χ0n) is 31.8. The maximum Gasteiger partial charge on any atom is 0.266 e. The zero-order valence-corrected chi connectivity index (χ0v) is 33.4. The molecule has 0 saturated carbocycles. The quantitative estimate of drug-likeness (QED) is 0.196. The molecule has 4 aromatic rings. The summed E-state index contributed by atoms with van der Waals surface area (Å²) in [6.45, 7) is 4.14. The summed E-state index contributed by atoms with van der Waals surface area (Å²) in [6.07, 6.45) is 12.0. The fourth-order valence-electron chi connectivity index (χ4n) is 6.09. The summed E-state index contributed by atoms with van der Waals surface area (Å²) < 4.78 is 54.7. The molecule has 2 aliphatic rings. The van der Waals surface area contributed by atoms with Gasteiger partial charge in [-0.25, -0.2) is 25.4 Å². The van der Waals surface area contributed by atoms with Gasteiger partial charge in [-0.2, -0.15) is 0 Å². The first-order chi connectivity index (χ1) is 27.0. The van der Waals surface area contributed by atoms with E-state index in [2.05, 4.69) is 23.7 Å². The Bertz CT molecular complexity index is 2260. The van der Waals surface area contributed by atoms with Crippen molar-refractivity contribution in [2.75, 3.05) is 13.1 Å². The molecule has 8 nitrogen and oxygen atoms in total. The predicted molar refractivity (Wildman–Crippen MR) is 220 cm³/mol. The lowest BCUT2D eigenvalue weighted by atomic mass is 10.0. The minimum absolute atomic E-state index is 0.000338. The summed E-state index contributed by atoms with van der Waals surface area (Å²) in [6, 6.07) is 27.9. The molecule has 2 amide bonds. The molecule has 0 spiro atoms. The SMILES string of the molecule is Cc1ccc(S(=O)(=O)N2CCCC/C=C\C#Cc3ccccc3CC2=O)cc1.Cc1ccc(S(=O)(=O)N2CCCC/C=C\C#Cc3ccccc3CC2=O)cc1. The zero-order chi connectivity index (χ0) is 40.0. The maximum absolute atomic E-state index is 13.2. The Labute approximate surface area is 332 Å². The first-order valence-corrected chi connectivity index (χ1v) is 21.6. The molecule has 0 unspecified atom stereocenters. The van der Waals surface area contributed by atoms with Crippen molar-refractivity contribution in [2.45, 2.75) is 75.0 Å². The van der Waals surface area contributed by atoms with E-state index in [0.29, 0.717) is 12.8 Å². The fraction of sp³-hybridized carbons (Fsp3) is 0.261. The van der Waals surface area contributed by atoms with Crippen LogP contribution in [0.4, 0.5) is 0 Å². The van der Waals surface area contributed by atoms with Crippen LogP contribution in [0.3, 0.4) is 0 Å². The van der Waals surface area contributed by atoms with Gasteiger partial charge in [0.05, 0.1) is 22.6 Å². The molecule has 0 atom stereocenters. The lowest BCUT2D eigenvalue weighted by Crippen LogP contribution is -2.38. The fourth-order valence-corrected chi connectivity index (χ4v) is 8.96. The highest BCUT2D eigenvalue weighted by Crippen LogP contribution is 2.22. The second-order valence-corrected chi connectivity index (χ2v) is 17.3. The first-order valence-electron chi connectivity index (χ1n) is 18.7. The van der Waals surface area contributed by atoms with E-state index in [1.165, 1.54) is 0 Å². The third-order valence-corrected chi connectivity index (χ3v) is 12.9. The van der Waals surface area contributed by atoms with Gasteiger partial charge in [-0.3, -0.25) is 9.59 Å². The molecule has 0 fully saturated rings. The number of fused-ring (bicyclic) bond motifs is 2. The lowest BCUT2D eigenvalue weighted by Gasteiger charge is -2.23. The van der Waals surface area contributed by atoms with Gasteiger partial charge in [0.1, 0.15) is 0 Å². The minimum atomic E-state index is -3.90. The van der Waals surface area contributed by atoms with Gasteiger partial charge >= 0.3 is 0 Å². The van der Waals surface area contributed by atoms with Gasteiger partial charge in [-0.1, -0.05) is 108 Å². The van der Waals surface area contributed by atoms with Gasteiger partial charge < -0.3 is 0 Å². The molecule has 2 aliphatic heterocycles. The number of rotatable bonds is 4. The highest BCUT2D eigenvalue weighted by Gasteiger charge is 2.30. The van der Waals surface area contributed by atoms with Crippen LogP contribution in [0.2, 0.25) is 0 Å². The summed E-state index contributed by atoms with van der Waals surface area (Å²) >= 11 is 0. The average Bonchev–Trinajstić information content (AvgIpc) is 3.20. The van der Waals surface area contributed by atoms with Gasteiger partial charge in [0.2, 0.25) is 11.8 Å². The molecule has 0 aromatic heterocycles. The number of carbonyl (C=O) groups is 2. The summed E-state index contributed by atoms with van der Waals surface area (Å²) in [7, 11) is -7.80. The van der Waals surface area contributed by atoms with Crippen LogP contribution in [0, 0.1) is 37.5 Å².